The van der Waals surface area contributed by atoms with Crippen LogP contribution in [-0.2, 0) is 4.79 Å². The van der Waals surface area contributed by atoms with Crippen molar-refractivity contribution in [3.63, 3.8) is 0 Å². The lowest BCUT2D eigenvalue weighted by molar-refractivity contribution is -0.115. The summed E-state index contributed by atoms with van der Waals surface area (Å²) in [6.07, 6.45) is 2.96. The van der Waals surface area contributed by atoms with Crippen molar-refractivity contribution in [2.75, 3.05) is 35.2 Å². The number of piperidine rings is 1. The molecule has 0 unspecified atom stereocenters. The fourth-order valence-electron chi connectivity index (χ4n) is 3.12. The lowest BCUT2D eigenvalue weighted by Gasteiger charge is -2.32. The summed E-state index contributed by atoms with van der Waals surface area (Å²) in [6.45, 7) is 5.19. The first-order valence-electron chi connectivity index (χ1n) is 9.14. The van der Waals surface area contributed by atoms with Crippen molar-refractivity contribution in [1.82, 2.24) is 0 Å². The molecule has 1 fully saturated rings. The quantitative estimate of drug-likeness (QED) is 0.823. The van der Waals surface area contributed by atoms with Crippen LogP contribution in [0.5, 0.6) is 0 Å². The van der Waals surface area contributed by atoms with Gasteiger partial charge in [0, 0.05) is 43.1 Å². The van der Waals surface area contributed by atoms with Gasteiger partial charge in [-0.25, -0.2) is 0 Å². The average molecular weight is 337 g/mol. The fourth-order valence-corrected chi connectivity index (χ4v) is 3.12. The van der Waals surface area contributed by atoms with E-state index < -0.39 is 0 Å². The molecular formula is C21H27N3O. The molecule has 0 atom stereocenters. The van der Waals surface area contributed by atoms with Crippen molar-refractivity contribution < 1.29 is 4.79 Å². The number of benzene rings is 2. The van der Waals surface area contributed by atoms with Crippen LogP contribution in [0.15, 0.2) is 54.6 Å². The molecule has 25 heavy (non-hydrogen) atoms. The highest BCUT2D eigenvalue weighted by Crippen LogP contribution is 2.24. The van der Waals surface area contributed by atoms with Crippen molar-refractivity contribution in [2.24, 2.45) is 5.92 Å². The van der Waals surface area contributed by atoms with Crippen molar-refractivity contribution in [3.05, 3.63) is 54.6 Å². The molecule has 0 spiro atoms. The van der Waals surface area contributed by atoms with Crippen molar-refractivity contribution >= 4 is 23.0 Å². The minimum atomic E-state index is 0.0305. The summed E-state index contributed by atoms with van der Waals surface area (Å²) in [4.78, 5) is 14.5. The normalized spacial score (nSPS) is 15.0. The van der Waals surface area contributed by atoms with Gasteiger partial charge in [-0.3, -0.25) is 4.79 Å². The van der Waals surface area contributed by atoms with E-state index in [9.17, 15) is 4.79 Å². The van der Waals surface area contributed by atoms with E-state index in [0.29, 0.717) is 13.0 Å². The predicted molar refractivity (Wildman–Crippen MR) is 105 cm³/mol. The van der Waals surface area contributed by atoms with Gasteiger partial charge in [0.15, 0.2) is 0 Å². The van der Waals surface area contributed by atoms with E-state index in [-0.39, 0.29) is 5.91 Å². The van der Waals surface area contributed by atoms with Crippen molar-refractivity contribution in [2.45, 2.75) is 26.2 Å². The van der Waals surface area contributed by atoms with E-state index in [0.717, 1.165) is 30.4 Å². The lowest BCUT2D eigenvalue weighted by atomic mass is 9.99. The monoisotopic (exact) mass is 337 g/mol. The van der Waals surface area contributed by atoms with Gasteiger partial charge in [-0.15, -0.1) is 0 Å². The fraction of sp³-hybridized carbons (Fsp3) is 0.381. The Labute approximate surface area is 150 Å². The molecule has 0 radical (unpaired) electrons. The van der Waals surface area contributed by atoms with E-state index in [1.807, 2.05) is 42.5 Å². The lowest BCUT2D eigenvalue weighted by Crippen LogP contribution is -2.32. The van der Waals surface area contributed by atoms with Crippen LogP contribution in [0, 0.1) is 5.92 Å². The highest BCUT2D eigenvalue weighted by Gasteiger charge is 2.15. The zero-order valence-corrected chi connectivity index (χ0v) is 14.9. The number of nitrogens with zero attached hydrogens (tertiary/aromatic N) is 1. The summed E-state index contributed by atoms with van der Waals surface area (Å²) < 4.78 is 0. The molecule has 2 aromatic rings. The maximum Gasteiger partial charge on any atom is 0.226 e. The molecule has 4 nitrogen and oxygen atoms in total. The molecule has 1 aliphatic rings. The van der Waals surface area contributed by atoms with Crippen molar-refractivity contribution in [1.29, 1.82) is 0 Å². The number of amides is 1. The zero-order chi connectivity index (χ0) is 17.5. The molecule has 0 aromatic heterocycles. The topological polar surface area (TPSA) is 44.4 Å². The molecule has 132 valence electrons. The molecule has 4 heteroatoms. The Morgan fingerprint density at radius 2 is 1.68 bits per heavy atom. The van der Waals surface area contributed by atoms with E-state index in [2.05, 4.69) is 34.6 Å². The van der Waals surface area contributed by atoms with Gasteiger partial charge in [-0.1, -0.05) is 25.1 Å². The van der Waals surface area contributed by atoms with Gasteiger partial charge in [0.05, 0.1) is 0 Å². The molecule has 2 N–H and O–H groups in total. The minimum Gasteiger partial charge on any atom is -0.385 e. The summed E-state index contributed by atoms with van der Waals surface area (Å²) >= 11 is 0. The summed E-state index contributed by atoms with van der Waals surface area (Å²) in [5.41, 5.74) is 3.14. The standard InChI is InChI=1S/C21H27N3O/c1-17-12-15-24(16-13-17)20-9-7-19(8-10-20)23-21(25)11-14-22-18-5-3-2-4-6-18/h2-10,17,22H,11-16H2,1H3,(H,23,25). The van der Waals surface area contributed by atoms with Crippen LogP contribution in [0.2, 0.25) is 0 Å². The Hall–Kier alpha value is -2.49. The van der Waals surface area contributed by atoms with Crippen LogP contribution in [0.3, 0.4) is 0 Å². The molecule has 0 bridgehead atoms. The molecule has 1 amide bonds. The molecule has 2 aromatic carbocycles. The zero-order valence-electron chi connectivity index (χ0n) is 14.9. The van der Waals surface area contributed by atoms with Gasteiger partial charge in [0.1, 0.15) is 0 Å². The Bertz CT molecular complexity index is 661. The Kier molecular flexibility index (Phi) is 5.94. The number of hydrogen-bond acceptors (Lipinski definition) is 3. The Morgan fingerprint density at radius 1 is 1.00 bits per heavy atom. The number of carbonyl (C=O) groups is 1. The highest BCUT2D eigenvalue weighted by molar-refractivity contribution is 5.91. The number of anilines is 3. The number of rotatable bonds is 6. The largest absolute Gasteiger partial charge is 0.385 e. The van der Waals surface area contributed by atoms with Crippen molar-refractivity contribution in [3.8, 4) is 0 Å². The van der Waals surface area contributed by atoms with Gasteiger partial charge in [-0.2, -0.15) is 0 Å². The highest BCUT2D eigenvalue weighted by atomic mass is 16.1. The van der Waals surface area contributed by atoms with Gasteiger partial charge in [-0.05, 0) is 55.2 Å². The maximum absolute atomic E-state index is 12.1. The van der Waals surface area contributed by atoms with E-state index in [4.69, 9.17) is 0 Å². The van der Waals surface area contributed by atoms with Crippen LogP contribution < -0.4 is 15.5 Å². The van der Waals surface area contributed by atoms with Gasteiger partial charge < -0.3 is 15.5 Å². The van der Waals surface area contributed by atoms with Crippen LogP contribution >= 0.6 is 0 Å². The van der Waals surface area contributed by atoms with E-state index >= 15 is 0 Å². The first-order chi connectivity index (χ1) is 12.2. The number of nitrogens with one attached hydrogen (secondary N) is 2. The molecule has 1 heterocycles. The second kappa shape index (κ2) is 8.56. The van der Waals surface area contributed by atoms with Crippen LogP contribution in [0.1, 0.15) is 26.2 Å². The van der Waals surface area contributed by atoms with E-state index in [1.165, 1.54) is 18.5 Å². The average Bonchev–Trinajstić information content (AvgIpc) is 2.64. The van der Waals surface area contributed by atoms with E-state index in [1.54, 1.807) is 0 Å². The third kappa shape index (κ3) is 5.24. The third-order valence-corrected chi connectivity index (χ3v) is 4.75. The van der Waals surface area contributed by atoms with Crippen LogP contribution in [0.4, 0.5) is 17.1 Å². The number of para-hydroxylation sites is 1. The summed E-state index contributed by atoms with van der Waals surface area (Å²) in [5, 5.41) is 6.22. The third-order valence-electron chi connectivity index (χ3n) is 4.75. The second-order valence-corrected chi connectivity index (χ2v) is 6.81. The van der Waals surface area contributed by atoms with Crippen LogP contribution in [-0.4, -0.2) is 25.5 Å². The molecule has 0 saturated carbocycles. The summed E-state index contributed by atoms with van der Waals surface area (Å²) in [6, 6.07) is 18.1. The molecule has 1 saturated heterocycles. The predicted octanol–water partition coefficient (Wildman–Crippen LogP) is 4.36. The van der Waals surface area contributed by atoms with Gasteiger partial charge in [0.2, 0.25) is 5.91 Å². The first kappa shape index (κ1) is 17.3. The summed E-state index contributed by atoms with van der Waals surface area (Å²) in [5.74, 6) is 0.863. The maximum atomic E-state index is 12.1. The molecular weight excluding hydrogens is 310 g/mol. The SMILES string of the molecule is CC1CCN(c2ccc(NC(=O)CCNc3ccccc3)cc2)CC1. The summed E-state index contributed by atoms with van der Waals surface area (Å²) in [7, 11) is 0. The van der Waals surface area contributed by atoms with Crippen LogP contribution in [0.25, 0.3) is 0 Å². The first-order valence-corrected chi connectivity index (χ1v) is 9.14. The number of hydrogen-bond donors (Lipinski definition) is 2. The molecule has 3 rings (SSSR count). The molecule has 0 aliphatic carbocycles. The second-order valence-electron chi connectivity index (χ2n) is 6.81. The minimum absolute atomic E-state index is 0.0305. The van der Waals surface area contributed by atoms with Gasteiger partial charge in [0.25, 0.3) is 0 Å². The van der Waals surface area contributed by atoms with Gasteiger partial charge >= 0.3 is 0 Å². The Balaban J connectivity index is 1.44. The number of carbonyl (C=O) groups excluding carboxylic acids is 1. The Morgan fingerprint density at radius 3 is 2.36 bits per heavy atom. The molecule has 1 aliphatic heterocycles. The smallest absolute Gasteiger partial charge is 0.226 e.